The second-order valence-electron chi connectivity index (χ2n) is 8.13. The molecule has 2 N–H and O–H groups in total. The first-order chi connectivity index (χ1) is 12.6. The van der Waals surface area contributed by atoms with Gasteiger partial charge in [-0.15, -0.1) is 0 Å². The number of nitrogens with zero attached hydrogens (tertiary/aromatic N) is 1. The van der Waals surface area contributed by atoms with E-state index in [4.69, 9.17) is 0 Å². The van der Waals surface area contributed by atoms with Crippen LogP contribution in [0.15, 0.2) is 30.3 Å². The first-order valence-corrected chi connectivity index (χ1v) is 9.97. The molecule has 3 aliphatic rings. The number of carbonyl (C=O) groups excluding carboxylic acids is 2. The van der Waals surface area contributed by atoms with Crippen molar-refractivity contribution in [3.05, 3.63) is 35.9 Å². The van der Waals surface area contributed by atoms with E-state index in [1.54, 1.807) is 0 Å². The molecule has 1 aromatic carbocycles. The van der Waals surface area contributed by atoms with E-state index in [1.165, 1.54) is 31.2 Å². The van der Waals surface area contributed by atoms with Gasteiger partial charge in [0.05, 0.1) is 12.5 Å². The lowest BCUT2D eigenvalue weighted by molar-refractivity contribution is -0.134. The Kier molecular flexibility index (Phi) is 4.98. The summed E-state index contributed by atoms with van der Waals surface area (Å²) in [5.41, 5.74) is 1.34. The van der Waals surface area contributed by atoms with Crippen molar-refractivity contribution in [2.75, 3.05) is 20.1 Å². The molecule has 140 valence electrons. The van der Waals surface area contributed by atoms with Gasteiger partial charge in [0.2, 0.25) is 11.8 Å². The summed E-state index contributed by atoms with van der Waals surface area (Å²) in [6.07, 6.45) is 5.30. The average molecular weight is 355 g/mol. The molecule has 3 fully saturated rings. The van der Waals surface area contributed by atoms with Crippen LogP contribution >= 0.6 is 0 Å². The molecule has 1 aliphatic heterocycles. The van der Waals surface area contributed by atoms with Crippen molar-refractivity contribution < 1.29 is 9.59 Å². The molecule has 5 atom stereocenters. The van der Waals surface area contributed by atoms with Gasteiger partial charge in [-0.1, -0.05) is 43.2 Å². The summed E-state index contributed by atoms with van der Waals surface area (Å²) < 4.78 is 0. The highest BCUT2D eigenvalue weighted by Crippen LogP contribution is 2.54. The third kappa shape index (κ3) is 3.25. The second kappa shape index (κ2) is 7.39. The van der Waals surface area contributed by atoms with Crippen LogP contribution in [0.3, 0.4) is 0 Å². The minimum atomic E-state index is -0.346. The number of nitrogens with one attached hydrogen (secondary N) is 2. The van der Waals surface area contributed by atoms with E-state index in [2.05, 4.69) is 34.9 Å². The minimum Gasteiger partial charge on any atom is -0.353 e. The zero-order chi connectivity index (χ0) is 18.1. The number of fused-ring (bicyclic) bond motifs is 1. The number of piperazine rings is 1. The Morgan fingerprint density at radius 2 is 1.92 bits per heavy atom. The number of hydrogen-bond acceptors (Lipinski definition) is 3. The molecule has 0 bridgehead atoms. The van der Waals surface area contributed by atoms with Crippen molar-refractivity contribution in [1.82, 2.24) is 15.5 Å². The van der Waals surface area contributed by atoms with Gasteiger partial charge in [0, 0.05) is 25.0 Å². The maximum absolute atomic E-state index is 12.7. The van der Waals surface area contributed by atoms with Crippen LogP contribution in [0.5, 0.6) is 0 Å². The number of rotatable bonds is 4. The fourth-order valence-corrected chi connectivity index (χ4v) is 5.29. The quantitative estimate of drug-likeness (QED) is 0.867. The Labute approximate surface area is 155 Å². The monoisotopic (exact) mass is 355 g/mol. The Balaban J connectivity index is 1.45. The Hall–Kier alpha value is -1.88. The molecule has 2 aliphatic carbocycles. The zero-order valence-corrected chi connectivity index (χ0v) is 15.5. The van der Waals surface area contributed by atoms with Crippen molar-refractivity contribution in [2.24, 2.45) is 11.8 Å². The van der Waals surface area contributed by atoms with Crippen LogP contribution in [0.4, 0.5) is 0 Å². The molecular weight excluding hydrogens is 326 g/mol. The van der Waals surface area contributed by atoms with Crippen LogP contribution in [0.25, 0.3) is 0 Å². The van der Waals surface area contributed by atoms with Gasteiger partial charge in [0.25, 0.3) is 0 Å². The second-order valence-corrected chi connectivity index (χ2v) is 8.13. The van der Waals surface area contributed by atoms with E-state index < -0.39 is 0 Å². The SMILES string of the molecule is CN1CCNC(=O)[C@@H]1CC(=O)N[C@H]1[C@H]2CCCC[C@H]2[C@@H]1c1ccccc1. The van der Waals surface area contributed by atoms with Gasteiger partial charge >= 0.3 is 0 Å². The Morgan fingerprint density at radius 3 is 2.65 bits per heavy atom. The normalized spacial score (nSPS) is 34.3. The molecule has 0 spiro atoms. The van der Waals surface area contributed by atoms with Crippen LogP contribution in [0, 0.1) is 11.8 Å². The van der Waals surface area contributed by atoms with Crippen LogP contribution in [0.2, 0.25) is 0 Å². The molecule has 2 saturated carbocycles. The van der Waals surface area contributed by atoms with Gasteiger partial charge in [-0.2, -0.15) is 0 Å². The molecule has 0 aromatic heterocycles. The third-order valence-electron chi connectivity index (χ3n) is 6.67. The van der Waals surface area contributed by atoms with E-state index in [-0.39, 0.29) is 30.3 Å². The van der Waals surface area contributed by atoms with Gasteiger partial charge < -0.3 is 10.6 Å². The maximum Gasteiger partial charge on any atom is 0.237 e. The summed E-state index contributed by atoms with van der Waals surface area (Å²) in [7, 11) is 1.92. The molecule has 4 rings (SSSR count). The maximum atomic E-state index is 12.7. The molecule has 0 radical (unpaired) electrons. The summed E-state index contributed by atoms with van der Waals surface area (Å²) in [5.74, 6) is 1.68. The number of carbonyl (C=O) groups is 2. The van der Waals surface area contributed by atoms with E-state index in [0.717, 1.165) is 6.54 Å². The number of amides is 2. The van der Waals surface area contributed by atoms with Crippen LogP contribution < -0.4 is 10.6 Å². The van der Waals surface area contributed by atoms with Crippen molar-refractivity contribution in [3.8, 4) is 0 Å². The summed E-state index contributed by atoms with van der Waals surface area (Å²) in [6, 6.07) is 10.5. The standard InChI is InChI=1S/C21H29N3O2/c1-24-12-11-22-21(26)17(24)13-18(25)23-20-16-10-6-5-9-15(16)19(20)14-7-3-2-4-8-14/h2-4,7-8,15-17,19-20H,5-6,9-13H2,1H3,(H,22,26)(H,23,25)/t15-,16+,17+,19+,20+/m1/s1. The Bertz CT molecular complexity index is 662. The smallest absolute Gasteiger partial charge is 0.237 e. The molecule has 1 saturated heterocycles. The van der Waals surface area contributed by atoms with Gasteiger partial charge in [0.15, 0.2) is 0 Å². The van der Waals surface area contributed by atoms with Crippen LogP contribution in [-0.4, -0.2) is 48.9 Å². The van der Waals surface area contributed by atoms with E-state index in [1.807, 2.05) is 18.0 Å². The molecule has 1 aromatic rings. The van der Waals surface area contributed by atoms with Crippen LogP contribution in [0.1, 0.15) is 43.6 Å². The van der Waals surface area contributed by atoms with Gasteiger partial charge in [0.1, 0.15) is 0 Å². The third-order valence-corrected chi connectivity index (χ3v) is 6.67. The molecule has 2 amide bonds. The molecule has 0 unspecified atom stereocenters. The summed E-state index contributed by atoms with van der Waals surface area (Å²) >= 11 is 0. The molecular formula is C21H29N3O2. The number of likely N-dealkylation sites (N-methyl/N-ethyl adjacent to an activating group) is 1. The average Bonchev–Trinajstić information content (AvgIpc) is 2.64. The van der Waals surface area contributed by atoms with Crippen LogP contribution in [-0.2, 0) is 9.59 Å². The fourth-order valence-electron chi connectivity index (χ4n) is 5.29. The van der Waals surface area contributed by atoms with Crippen molar-refractivity contribution in [1.29, 1.82) is 0 Å². The summed E-state index contributed by atoms with van der Waals surface area (Å²) in [6.45, 7) is 1.46. The Morgan fingerprint density at radius 1 is 1.19 bits per heavy atom. The van der Waals surface area contributed by atoms with Gasteiger partial charge in [-0.25, -0.2) is 0 Å². The predicted octanol–water partition coefficient (Wildman–Crippen LogP) is 1.90. The number of hydrogen-bond donors (Lipinski definition) is 2. The van der Waals surface area contributed by atoms with E-state index in [9.17, 15) is 9.59 Å². The number of benzene rings is 1. The zero-order valence-electron chi connectivity index (χ0n) is 15.5. The molecule has 26 heavy (non-hydrogen) atoms. The highest BCUT2D eigenvalue weighted by Gasteiger charge is 2.51. The largest absolute Gasteiger partial charge is 0.353 e. The van der Waals surface area contributed by atoms with Gasteiger partial charge in [-0.3, -0.25) is 14.5 Å². The van der Waals surface area contributed by atoms with Crippen molar-refractivity contribution in [3.63, 3.8) is 0 Å². The molecule has 5 nitrogen and oxygen atoms in total. The van der Waals surface area contributed by atoms with E-state index in [0.29, 0.717) is 24.3 Å². The minimum absolute atomic E-state index is 0.00820. The predicted molar refractivity (Wildman–Crippen MR) is 101 cm³/mol. The lowest BCUT2D eigenvalue weighted by Crippen LogP contribution is -2.61. The van der Waals surface area contributed by atoms with Crippen molar-refractivity contribution in [2.45, 2.75) is 50.1 Å². The molecule has 5 heteroatoms. The lowest BCUT2D eigenvalue weighted by atomic mass is 9.53. The van der Waals surface area contributed by atoms with Gasteiger partial charge in [-0.05, 0) is 37.3 Å². The highest BCUT2D eigenvalue weighted by molar-refractivity contribution is 5.89. The summed E-state index contributed by atoms with van der Waals surface area (Å²) in [4.78, 5) is 26.8. The first kappa shape index (κ1) is 17.5. The fraction of sp³-hybridized carbons (Fsp3) is 0.619. The molecule has 1 heterocycles. The topological polar surface area (TPSA) is 61.4 Å². The van der Waals surface area contributed by atoms with Crippen molar-refractivity contribution >= 4 is 11.8 Å². The first-order valence-electron chi connectivity index (χ1n) is 9.97. The highest BCUT2D eigenvalue weighted by atomic mass is 16.2. The van der Waals surface area contributed by atoms with E-state index >= 15 is 0 Å². The summed E-state index contributed by atoms with van der Waals surface area (Å²) in [5, 5.41) is 6.18. The lowest BCUT2D eigenvalue weighted by Gasteiger charge is -2.55.